The molecule has 0 saturated carbocycles. The molecule has 0 unspecified atom stereocenters. The van der Waals surface area contributed by atoms with Gasteiger partial charge in [-0.2, -0.15) is 0 Å². The zero-order chi connectivity index (χ0) is 19.5. The van der Waals surface area contributed by atoms with Gasteiger partial charge in [0.15, 0.2) is 0 Å². The molecule has 0 fully saturated rings. The minimum atomic E-state index is -0.744. The fourth-order valence-electron chi connectivity index (χ4n) is 2.75. The van der Waals surface area contributed by atoms with Gasteiger partial charge in [-0.25, -0.2) is 0 Å². The molecule has 0 aliphatic rings. The molecule has 2 aromatic carbocycles. The molecule has 0 aliphatic carbocycles. The first-order valence-corrected chi connectivity index (χ1v) is 8.85. The summed E-state index contributed by atoms with van der Waals surface area (Å²) in [6.07, 6.45) is 0.377. The highest BCUT2D eigenvalue weighted by Crippen LogP contribution is 2.22. The van der Waals surface area contributed by atoms with Crippen LogP contribution in [0.25, 0.3) is 0 Å². The third-order valence-electron chi connectivity index (χ3n) is 4.67. The second kappa shape index (κ2) is 7.73. The molecule has 2 rings (SSSR count). The van der Waals surface area contributed by atoms with Crippen LogP contribution in [0.2, 0.25) is 0 Å². The van der Waals surface area contributed by atoms with E-state index in [2.05, 4.69) is 26.1 Å². The van der Waals surface area contributed by atoms with Crippen LogP contribution in [0.3, 0.4) is 0 Å². The summed E-state index contributed by atoms with van der Waals surface area (Å²) >= 11 is 0. The Morgan fingerprint density at radius 3 is 2.12 bits per heavy atom. The highest BCUT2D eigenvalue weighted by atomic mass is 16.2. The number of nitrogens with one attached hydrogen (secondary N) is 1. The molecule has 3 N–H and O–H groups in total. The molecule has 2 amide bonds. The monoisotopic (exact) mass is 352 g/mol. The van der Waals surface area contributed by atoms with Gasteiger partial charge in [0.25, 0.3) is 5.91 Å². The maximum atomic E-state index is 12.5. The van der Waals surface area contributed by atoms with Crippen molar-refractivity contribution < 1.29 is 9.59 Å². The predicted octanol–water partition coefficient (Wildman–Crippen LogP) is 3.43. The number of hydrogen-bond acceptors (Lipinski definition) is 2. The Morgan fingerprint density at radius 2 is 1.62 bits per heavy atom. The summed E-state index contributed by atoms with van der Waals surface area (Å²) < 4.78 is 0. The molecule has 1 atom stereocenters. The SMILES string of the molecule is Cc1ccc(C[C@H](NC(=O)c2ccc(C(C)(C)C)cc2)C(N)=O)cc1C. The number of carbonyl (C=O) groups excluding carboxylic acids is 2. The van der Waals surface area contributed by atoms with E-state index < -0.39 is 11.9 Å². The van der Waals surface area contributed by atoms with E-state index in [1.54, 1.807) is 12.1 Å². The van der Waals surface area contributed by atoms with Crippen molar-refractivity contribution in [3.8, 4) is 0 Å². The summed E-state index contributed by atoms with van der Waals surface area (Å²) in [4.78, 5) is 24.3. The molecule has 138 valence electrons. The lowest BCUT2D eigenvalue weighted by Crippen LogP contribution is -2.45. The molecular weight excluding hydrogens is 324 g/mol. The Balaban J connectivity index is 2.12. The lowest BCUT2D eigenvalue weighted by Gasteiger charge is -2.20. The largest absolute Gasteiger partial charge is 0.368 e. The Labute approximate surface area is 155 Å². The van der Waals surface area contributed by atoms with Gasteiger partial charge in [0, 0.05) is 12.0 Å². The van der Waals surface area contributed by atoms with Gasteiger partial charge in [-0.1, -0.05) is 51.1 Å². The van der Waals surface area contributed by atoms with E-state index in [1.807, 2.05) is 44.2 Å². The fourth-order valence-corrected chi connectivity index (χ4v) is 2.75. The van der Waals surface area contributed by atoms with Crippen LogP contribution in [0, 0.1) is 13.8 Å². The van der Waals surface area contributed by atoms with Crippen molar-refractivity contribution in [1.82, 2.24) is 5.32 Å². The Hall–Kier alpha value is -2.62. The minimum Gasteiger partial charge on any atom is -0.368 e. The maximum absolute atomic E-state index is 12.5. The van der Waals surface area contributed by atoms with Gasteiger partial charge in [-0.3, -0.25) is 9.59 Å². The Kier molecular flexibility index (Phi) is 5.86. The van der Waals surface area contributed by atoms with Gasteiger partial charge in [-0.05, 0) is 53.6 Å². The summed E-state index contributed by atoms with van der Waals surface area (Å²) in [7, 11) is 0. The molecule has 0 saturated heterocycles. The average molecular weight is 352 g/mol. The van der Waals surface area contributed by atoms with Crippen LogP contribution >= 0.6 is 0 Å². The van der Waals surface area contributed by atoms with Crippen molar-refractivity contribution in [3.05, 3.63) is 70.3 Å². The quantitative estimate of drug-likeness (QED) is 0.865. The summed E-state index contributed by atoms with van der Waals surface area (Å²) in [5.74, 6) is -0.832. The molecular formula is C22H28N2O2. The Bertz CT molecular complexity index is 802. The molecule has 0 aromatic heterocycles. The van der Waals surface area contributed by atoms with Gasteiger partial charge < -0.3 is 11.1 Å². The zero-order valence-electron chi connectivity index (χ0n) is 16.2. The fraction of sp³-hybridized carbons (Fsp3) is 0.364. The minimum absolute atomic E-state index is 0.0219. The van der Waals surface area contributed by atoms with E-state index in [4.69, 9.17) is 5.73 Å². The standard InChI is InChI=1S/C22H28N2O2/c1-14-6-7-16(12-15(14)2)13-19(20(23)25)24-21(26)17-8-10-18(11-9-17)22(3,4)5/h6-12,19H,13H2,1-5H3,(H2,23,25)(H,24,26)/t19-/m0/s1. The van der Waals surface area contributed by atoms with Crippen LogP contribution in [0.1, 0.15) is 53.4 Å². The van der Waals surface area contributed by atoms with Crippen LogP contribution in [0.4, 0.5) is 0 Å². The normalized spacial score (nSPS) is 12.5. The van der Waals surface area contributed by atoms with E-state index in [0.717, 1.165) is 16.7 Å². The van der Waals surface area contributed by atoms with Crippen LogP contribution in [0.15, 0.2) is 42.5 Å². The van der Waals surface area contributed by atoms with Gasteiger partial charge in [-0.15, -0.1) is 0 Å². The van der Waals surface area contributed by atoms with Crippen LogP contribution < -0.4 is 11.1 Å². The molecule has 0 heterocycles. The van der Waals surface area contributed by atoms with Crippen LogP contribution in [0.5, 0.6) is 0 Å². The molecule has 26 heavy (non-hydrogen) atoms. The van der Waals surface area contributed by atoms with Crippen LogP contribution in [-0.4, -0.2) is 17.9 Å². The van der Waals surface area contributed by atoms with E-state index in [9.17, 15) is 9.59 Å². The average Bonchev–Trinajstić information content (AvgIpc) is 2.56. The van der Waals surface area contributed by atoms with Crippen LogP contribution in [-0.2, 0) is 16.6 Å². The Morgan fingerprint density at radius 1 is 1.00 bits per heavy atom. The molecule has 2 aromatic rings. The molecule has 0 bridgehead atoms. The predicted molar refractivity (Wildman–Crippen MR) is 105 cm³/mol. The third kappa shape index (κ3) is 4.94. The topological polar surface area (TPSA) is 72.2 Å². The number of aryl methyl sites for hydroxylation is 2. The summed E-state index contributed by atoms with van der Waals surface area (Å²) in [5.41, 5.74) is 10.5. The van der Waals surface area contributed by atoms with E-state index in [1.165, 1.54) is 5.56 Å². The number of rotatable bonds is 5. The number of nitrogens with two attached hydrogens (primary N) is 1. The van der Waals surface area contributed by atoms with Crippen molar-refractivity contribution in [2.45, 2.75) is 52.5 Å². The molecule has 4 nitrogen and oxygen atoms in total. The third-order valence-corrected chi connectivity index (χ3v) is 4.67. The van der Waals surface area contributed by atoms with E-state index >= 15 is 0 Å². The molecule has 0 radical (unpaired) electrons. The first-order chi connectivity index (χ1) is 12.1. The van der Waals surface area contributed by atoms with Crippen molar-refractivity contribution >= 4 is 11.8 Å². The molecule has 4 heteroatoms. The molecule has 0 aliphatic heterocycles. The second-order valence-electron chi connectivity index (χ2n) is 7.88. The summed E-state index contributed by atoms with van der Waals surface area (Å²) in [5, 5.41) is 2.76. The zero-order valence-corrected chi connectivity index (χ0v) is 16.2. The van der Waals surface area contributed by atoms with Gasteiger partial charge in [0.2, 0.25) is 5.91 Å². The first-order valence-electron chi connectivity index (χ1n) is 8.85. The summed E-state index contributed by atoms with van der Waals surface area (Å²) in [6.45, 7) is 10.4. The van der Waals surface area contributed by atoms with E-state index in [-0.39, 0.29) is 11.3 Å². The van der Waals surface area contributed by atoms with Gasteiger partial charge in [0.1, 0.15) is 6.04 Å². The first kappa shape index (κ1) is 19.7. The van der Waals surface area contributed by atoms with Crippen molar-refractivity contribution in [2.75, 3.05) is 0 Å². The number of primary amides is 1. The smallest absolute Gasteiger partial charge is 0.251 e. The van der Waals surface area contributed by atoms with Crippen molar-refractivity contribution in [3.63, 3.8) is 0 Å². The second-order valence-corrected chi connectivity index (χ2v) is 7.88. The highest BCUT2D eigenvalue weighted by molar-refractivity contribution is 5.97. The summed E-state index contributed by atoms with van der Waals surface area (Å²) in [6, 6.07) is 12.7. The lowest BCUT2D eigenvalue weighted by molar-refractivity contribution is -0.119. The number of carbonyl (C=O) groups is 2. The number of amides is 2. The lowest BCUT2D eigenvalue weighted by atomic mass is 9.86. The highest BCUT2D eigenvalue weighted by Gasteiger charge is 2.20. The van der Waals surface area contributed by atoms with Gasteiger partial charge >= 0.3 is 0 Å². The number of benzene rings is 2. The maximum Gasteiger partial charge on any atom is 0.251 e. The van der Waals surface area contributed by atoms with E-state index in [0.29, 0.717) is 12.0 Å². The van der Waals surface area contributed by atoms with Gasteiger partial charge in [0.05, 0.1) is 0 Å². The number of hydrogen-bond donors (Lipinski definition) is 2. The van der Waals surface area contributed by atoms with Crippen molar-refractivity contribution in [2.24, 2.45) is 5.73 Å². The van der Waals surface area contributed by atoms with Crippen molar-refractivity contribution in [1.29, 1.82) is 0 Å². The molecule has 0 spiro atoms.